The molecular formula is C19H23BrN2O5S. The molecular weight excluding hydrogens is 448 g/mol. The smallest absolute Gasteiger partial charge is 0.246 e. The standard InChI is InChI=1S/C19H23BrN2O5S/c1-22(2)28(24,25)18-13-15(8-11-17(18)26-3)21-19(23)5-4-12-27-16-9-6-14(20)7-10-16/h6-11,13H,4-5,12H2,1-3H3,(H,21,23). The molecule has 0 bridgehead atoms. The van der Waals surface area contributed by atoms with Gasteiger partial charge >= 0.3 is 0 Å². The first-order valence-electron chi connectivity index (χ1n) is 8.53. The van der Waals surface area contributed by atoms with Crippen molar-refractivity contribution in [2.24, 2.45) is 0 Å². The van der Waals surface area contributed by atoms with Crippen molar-refractivity contribution in [3.8, 4) is 11.5 Å². The summed E-state index contributed by atoms with van der Waals surface area (Å²) in [6.07, 6.45) is 0.777. The summed E-state index contributed by atoms with van der Waals surface area (Å²) in [5.74, 6) is 0.727. The first-order chi connectivity index (χ1) is 13.2. The number of halogens is 1. The molecule has 0 saturated carbocycles. The fourth-order valence-corrected chi connectivity index (χ4v) is 3.67. The summed E-state index contributed by atoms with van der Waals surface area (Å²) in [6, 6.07) is 12.0. The van der Waals surface area contributed by atoms with E-state index in [1.54, 1.807) is 6.07 Å². The van der Waals surface area contributed by atoms with Gasteiger partial charge in [0, 0.05) is 30.7 Å². The number of benzene rings is 2. The van der Waals surface area contributed by atoms with Crippen LogP contribution in [0.2, 0.25) is 0 Å². The second-order valence-corrected chi connectivity index (χ2v) is 9.14. The lowest BCUT2D eigenvalue weighted by Gasteiger charge is -2.16. The number of anilines is 1. The molecule has 0 aliphatic heterocycles. The lowest BCUT2D eigenvalue weighted by Crippen LogP contribution is -2.23. The van der Waals surface area contributed by atoms with Crippen molar-refractivity contribution in [1.29, 1.82) is 0 Å². The average molecular weight is 471 g/mol. The van der Waals surface area contributed by atoms with Crippen LogP contribution < -0.4 is 14.8 Å². The third-order valence-corrected chi connectivity index (χ3v) is 6.20. The topological polar surface area (TPSA) is 84.9 Å². The molecule has 9 heteroatoms. The molecule has 2 aromatic rings. The average Bonchev–Trinajstić information content (AvgIpc) is 2.66. The third-order valence-electron chi connectivity index (χ3n) is 3.84. The summed E-state index contributed by atoms with van der Waals surface area (Å²) in [6.45, 7) is 0.401. The predicted octanol–water partition coefficient (Wildman–Crippen LogP) is 3.51. The highest BCUT2D eigenvalue weighted by molar-refractivity contribution is 9.10. The minimum Gasteiger partial charge on any atom is -0.495 e. The fraction of sp³-hybridized carbons (Fsp3) is 0.316. The molecule has 7 nitrogen and oxygen atoms in total. The summed E-state index contributed by atoms with van der Waals surface area (Å²) in [4.78, 5) is 12.2. The van der Waals surface area contributed by atoms with E-state index in [1.807, 2.05) is 24.3 Å². The number of methoxy groups -OCH3 is 1. The number of sulfonamides is 1. The number of hydrogen-bond acceptors (Lipinski definition) is 5. The molecule has 0 heterocycles. The predicted molar refractivity (Wildman–Crippen MR) is 111 cm³/mol. The van der Waals surface area contributed by atoms with Gasteiger partial charge in [-0.1, -0.05) is 15.9 Å². The van der Waals surface area contributed by atoms with E-state index in [-0.39, 0.29) is 23.0 Å². The quantitative estimate of drug-likeness (QED) is 0.566. The van der Waals surface area contributed by atoms with Crippen molar-refractivity contribution in [3.05, 3.63) is 46.9 Å². The zero-order chi connectivity index (χ0) is 20.7. The Kier molecular flexibility index (Phi) is 7.85. The molecule has 0 saturated heterocycles. The van der Waals surface area contributed by atoms with Crippen LogP contribution in [0.15, 0.2) is 51.8 Å². The summed E-state index contributed by atoms with van der Waals surface area (Å²) in [7, 11) is 0.570. The highest BCUT2D eigenvalue weighted by Gasteiger charge is 2.23. The van der Waals surface area contributed by atoms with Crippen LogP contribution in [0, 0.1) is 0 Å². The Morgan fingerprint density at radius 1 is 1.14 bits per heavy atom. The number of carbonyl (C=O) groups excluding carboxylic acids is 1. The van der Waals surface area contributed by atoms with E-state index in [0.29, 0.717) is 18.7 Å². The van der Waals surface area contributed by atoms with Gasteiger partial charge in [-0.05, 0) is 48.9 Å². The summed E-state index contributed by atoms with van der Waals surface area (Å²) in [5, 5.41) is 2.71. The first-order valence-corrected chi connectivity index (χ1v) is 10.8. The van der Waals surface area contributed by atoms with E-state index < -0.39 is 10.0 Å². The van der Waals surface area contributed by atoms with Crippen LogP contribution in [0.5, 0.6) is 11.5 Å². The van der Waals surface area contributed by atoms with E-state index in [2.05, 4.69) is 21.2 Å². The van der Waals surface area contributed by atoms with Gasteiger partial charge in [-0.2, -0.15) is 0 Å². The number of ether oxygens (including phenoxy) is 2. The Bertz CT molecular complexity index is 914. The van der Waals surface area contributed by atoms with Gasteiger partial charge in [-0.25, -0.2) is 12.7 Å². The van der Waals surface area contributed by atoms with Gasteiger partial charge in [-0.3, -0.25) is 4.79 Å². The Hall–Kier alpha value is -2.10. The van der Waals surface area contributed by atoms with Crippen LogP contribution in [0.3, 0.4) is 0 Å². The molecule has 1 amide bonds. The van der Waals surface area contributed by atoms with Crippen LogP contribution in [0.4, 0.5) is 5.69 Å². The van der Waals surface area contributed by atoms with E-state index in [4.69, 9.17) is 9.47 Å². The van der Waals surface area contributed by atoms with E-state index in [9.17, 15) is 13.2 Å². The van der Waals surface area contributed by atoms with Crippen LogP contribution in [-0.2, 0) is 14.8 Å². The van der Waals surface area contributed by atoms with Gasteiger partial charge in [0.05, 0.1) is 13.7 Å². The molecule has 0 fully saturated rings. The first kappa shape index (κ1) is 22.2. The number of rotatable bonds is 9. The second kappa shape index (κ2) is 9.90. The monoisotopic (exact) mass is 470 g/mol. The van der Waals surface area contributed by atoms with Crippen LogP contribution >= 0.6 is 15.9 Å². The second-order valence-electron chi connectivity index (χ2n) is 6.11. The van der Waals surface area contributed by atoms with Gasteiger partial charge < -0.3 is 14.8 Å². The Labute approximate surface area is 173 Å². The van der Waals surface area contributed by atoms with Crippen molar-refractivity contribution in [2.45, 2.75) is 17.7 Å². The molecule has 0 aliphatic rings. The highest BCUT2D eigenvalue weighted by atomic mass is 79.9. The molecule has 0 spiro atoms. The molecule has 1 N–H and O–H groups in total. The Balaban J connectivity index is 1.93. The van der Waals surface area contributed by atoms with Gasteiger partial charge in [0.15, 0.2) is 0 Å². The van der Waals surface area contributed by atoms with Gasteiger partial charge in [0.1, 0.15) is 16.4 Å². The molecule has 0 atom stereocenters. The number of nitrogens with zero attached hydrogens (tertiary/aromatic N) is 1. The maximum atomic E-state index is 12.4. The lowest BCUT2D eigenvalue weighted by molar-refractivity contribution is -0.116. The largest absolute Gasteiger partial charge is 0.495 e. The number of hydrogen-bond donors (Lipinski definition) is 1. The molecule has 2 rings (SSSR count). The molecule has 0 aliphatic carbocycles. The van der Waals surface area contributed by atoms with Gasteiger partial charge in [0.25, 0.3) is 0 Å². The molecule has 0 unspecified atom stereocenters. The van der Waals surface area contributed by atoms with Crippen molar-refractivity contribution in [3.63, 3.8) is 0 Å². The minimum atomic E-state index is -3.70. The summed E-state index contributed by atoms with van der Waals surface area (Å²) in [5.41, 5.74) is 0.389. The number of nitrogens with one attached hydrogen (secondary N) is 1. The molecule has 0 radical (unpaired) electrons. The SMILES string of the molecule is COc1ccc(NC(=O)CCCOc2ccc(Br)cc2)cc1S(=O)(=O)N(C)C. The van der Waals surface area contributed by atoms with Crippen LogP contribution in [0.25, 0.3) is 0 Å². The van der Waals surface area contributed by atoms with Crippen molar-refractivity contribution >= 4 is 37.5 Å². The highest BCUT2D eigenvalue weighted by Crippen LogP contribution is 2.29. The van der Waals surface area contributed by atoms with Crippen molar-refractivity contribution in [2.75, 3.05) is 33.1 Å². The maximum Gasteiger partial charge on any atom is 0.246 e. The van der Waals surface area contributed by atoms with Crippen molar-refractivity contribution < 1.29 is 22.7 Å². The molecule has 0 aromatic heterocycles. The van der Waals surface area contributed by atoms with E-state index in [1.165, 1.54) is 33.3 Å². The summed E-state index contributed by atoms with van der Waals surface area (Å²) >= 11 is 3.36. The maximum absolute atomic E-state index is 12.4. The Morgan fingerprint density at radius 2 is 1.82 bits per heavy atom. The fourth-order valence-electron chi connectivity index (χ4n) is 2.33. The van der Waals surface area contributed by atoms with Gasteiger partial charge in [-0.15, -0.1) is 0 Å². The van der Waals surface area contributed by atoms with Gasteiger partial charge in [0.2, 0.25) is 15.9 Å². The zero-order valence-corrected chi connectivity index (χ0v) is 18.3. The van der Waals surface area contributed by atoms with Crippen LogP contribution in [0.1, 0.15) is 12.8 Å². The van der Waals surface area contributed by atoms with Crippen molar-refractivity contribution in [1.82, 2.24) is 4.31 Å². The van der Waals surface area contributed by atoms with E-state index >= 15 is 0 Å². The lowest BCUT2D eigenvalue weighted by atomic mass is 10.2. The Morgan fingerprint density at radius 3 is 2.43 bits per heavy atom. The minimum absolute atomic E-state index is 0.00336. The third kappa shape index (κ3) is 5.95. The number of amides is 1. The molecule has 152 valence electrons. The van der Waals surface area contributed by atoms with Crippen LogP contribution in [-0.4, -0.2) is 46.4 Å². The summed E-state index contributed by atoms with van der Waals surface area (Å²) < 4.78 is 37.6. The zero-order valence-electron chi connectivity index (χ0n) is 15.9. The number of carbonyl (C=O) groups is 1. The molecule has 28 heavy (non-hydrogen) atoms. The molecule has 2 aromatic carbocycles. The van der Waals surface area contributed by atoms with E-state index in [0.717, 1.165) is 14.5 Å². The normalized spacial score (nSPS) is 11.3.